The van der Waals surface area contributed by atoms with Crippen LogP contribution in [0.3, 0.4) is 0 Å². The van der Waals surface area contributed by atoms with E-state index in [1.54, 1.807) is 20.3 Å². The molecule has 12 nitrogen and oxygen atoms in total. The van der Waals surface area contributed by atoms with Crippen LogP contribution in [0.2, 0.25) is 0 Å². The number of aromatic nitrogens is 3. The van der Waals surface area contributed by atoms with Gasteiger partial charge in [0.15, 0.2) is 5.82 Å². The fourth-order valence-electron chi connectivity index (χ4n) is 5.51. The molecule has 0 spiro atoms. The van der Waals surface area contributed by atoms with Gasteiger partial charge in [0, 0.05) is 25.3 Å². The summed E-state index contributed by atoms with van der Waals surface area (Å²) in [6.07, 6.45) is 8.26. The zero-order valence-electron chi connectivity index (χ0n) is 28.1. The Balaban J connectivity index is 0.000000205. The van der Waals surface area contributed by atoms with Crippen LogP contribution in [0.25, 0.3) is 11.4 Å². The van der Waals surface area contributed by atoms with E-state index in [0.29, 0.717) is 34.4 Å². The smallest absolute Gasteiger partial charge is 0.338 e. The molecule has 2 aliphatic rings. The Kier molecular flexibility index (Phi) is 13.4. The van der Waals surface area contributed by atoms with Crippen LogP contribution in [0.15, 0.2) is 30.6 Å². The standard InChI is InChI=1S/C15H17N3O2.C14H17NO3.C5H13NO2/c1-9-6-12(10-4-3-5-10)13(14-16-8-17-18-14)7-11(9)15(19)20-2;1-8-6-11(9-4-3-5-9)12(13(15)16)7-10(8)14(17)18-2;1-6(2)5(7-3)8-4/h6-8,10H,3-5H2,1-2H3,(H,16,17,18);6-7,9H,3-5H2,1-2H3,(H2,15,16);5H,1-4H3. The van der Waals surface area contributed by atoms with Gasteiger partial charge < -0.3 is 24.7 Å². The lowest BCUT2D eigenvalue weighted by Gasteiger charge is -2.28. The normalized spacial score (nSPS) is 14.3. The number of methoxy groups -OCH3 is 4. The maximum Gasteiger partial charge on any atom is 0.338 e. The molecule has 0 saturated heterocycles. The van der Waals surface area contributed by atoms with Gasteiger partial charge in [-0.05, 0) is 99.8 Å². The number of hydrogen-bond acceptors (Lipinski definition) is 10. The third-order valence-corrected chi connectivity index (χ3v) is 8.45. The number of rotatable bonds is 9. The van der Waals surface area contributed by atoms with Crippen LogP contribution >= 0.6 is 0 Å². The summed E-state index contributed by atoms with van der Waals surface area (Å²) >= 11 is 0. The number of aromatic amines is 1. The van der Waals surface area contributed by atoms with Gasteiger partial charge in [0.25, 0.3) is 0 Å². The minimum absolute atomic E-state index is 0.213. The highest BCUT2D eigenvalue weighted by molar-refractivity contribution is 5.99. The number of carbonyl (C=O) groups excluding carboxylic acids is 3. The van der Waals surface area contributed by atoms with Crippen molar-refractivity contribution in [2.24, 2.45) is 5.73 Å². The summed E-state index contributed by atoms with van der Waals surface area (Å²) in [4.78, 5) is 41.0. The van der Waals surface area contributed by atoms with E-state index in [0.717, 1.165) is 35.1 Å². The Morgan fingerprint density at radius 1 is 0.804 bits per heavy atom. The van der Waals surface area contributed by atoms with E-state index in [2.05, 4.69) is 21.2 Å². The van der Waals surface area contributed by atoms with Gasteiger partial charge in [0.1, 0.15) is 6.33 Å². The molecule has 2 aromatic carbocycles. The lowest BCUT2D eigenvalue weighted by Crippen LogP contribution is -2.30. The van der Waals surface area contributed by atoms with Gasteiger partial charge >= 0.3 is 11.9 Å². The van der Waals surface area contributed by atoms with Gasteiger partial charge in [-0.1, -0.05) is 25.0 Å². The lowest BCUT2D eigenvalue weighted by molar-refractivity contribution is -0.179. The van der Waals surface area contributed by atoms with Crippen molar-refractivity contribution in [3.63, 3.8) is 0 Å². The lowest BCUT2D eigenvalue weighted by atomic mass is 9.77. The molecule has 250 valence electrons. The highest BCUT2D eigenvalue weighted by atomic mass is 16.7. The first kappa shape index (κ1) is 36.3. The predicted octanol–water partition coefficient (Wildman–Crippen LogP) is 5.11. The molecule has 5 rings (SSSR count). The first-order chi connectivity index (χ1) is 22.0. The molecule has 0 unspecified atom stereocenters. The molecule has 0 bridgehead atoms. The first-order valence-electron chi connectivity index (χ1n) is 15.3. The van der Waals surface area contributed by atoms with Crippen LogP contribution in [0.1, 0.15) is 104 Å². The number of hydrogen-bond donors (Lipinski definition) is 2. The van der Waals surface area contributed by atoms with E-state index in [4.69, 9.17) is 24.7 Å². The number of benzene rings is 2. The molecule has 2 fully saturated rings. The van der Waals surface area contributed by atoms with Crippen molar-refractivity contribution in [1.82, 2.24) is 20.1 Å². The number of esters is 2. The molecule has 46 heavy (non-hydrogen) atoms. The van der Waals surface area contributed by atoms with Gasteiger partial charge in [0.2, 0.25) is 12.3 Å². The fourth-order valence-corrected chi connectivity index (χ4v) is 5.51. The fraction of sp³-hybridized carbons (Fsp3) is 0.500. The Bertz CT molecular complexity index is 1480. The van der Waals surface area contributed by atoms with Crippen LogP contribution in [0.5, 0.6) is 0 Å². The van der Waals surface area contributed by atoms with Crippen LogP contribution in [0.4, 0.5) is 0 Å². The number of primary amides is 1. The van der Waals surface area contributed by atoms with Gasteiger partial charge in [-0.3, -0.25) is 14.8 Å². The molecule has 0 radical (unpaired) electrons. The first-order valence-corrected chi connectivity index (χ1v) is 15.3. The average molecular weight is 638 g/mol. The quantitative estimate of drug-likeness (QED) is 0.239. The topological polar surface area (TPSA) is 159 Å². The third kappa shape index (κ3) is 8.77. The number of nitrogens with one attached hydrogen (secondary N) is 1. The van der Waals surface area contributed by atoms with Crippen LogP contribution in [-0.4, -0.2) is 86.9 Å². The average Bonchev–Trinajstić information content (AvgIpc) is 3.51. The number of amides is 1. The van der Waals surface area contributed by atoms with E-state index in [1.807, 2.05) is 45.0 Å². The molecular weight excluding hydrogens is 590 g/mol. The number of ether oxygens (including phenoxy) is 4. The Morgan fingerprint density at radius 2 is 1.30 bits per heavy atom. The van der Waals surface area contributed by atoms with Crippen LogP contribution < -0.4 is 5.73 Å². The zero-order chi connectivity index (χ0) is 34.0. The number of H-pyrrole nitrogens is 1. The Hall–Kier alpha value is -4.13. The summed E-state index contributed by atoms with van der Waals surface area (Å²) in [6, 6.07) is 7.43. The SMILES string of the molecule is COC(=O)c1cc(-c2ncn[nH]2)c(C2CCC2)cc1C.COC(=O)c1cc(C(N)=O)c(C2CCC2)cc1C.COC(OC)N(C)C. The summed E-state index contributed by atoms with van der Waals surface area (Å²) in [5.41, 5.74) is 11.8. The summed E-state index contributed by atoms with van der Waals surface area (Å²) in [7, 11) is 9.71. The minimum Gasteiger partial charge on any atom is -0.465 e. The van der Waals surface area contributed by atoms with E-state index >= 15 is 0 Å². The molecule has 1 heterocycles. The van der Waals surface area contributed by atoms with E-state index < -0.39 is 11.9 Å². The van der Waals surface area contributed by atoms with Crippen molar-refractivity contribution in [3.05, 3.63) is 69.5 Å². The minimum atomic E-state index is -0.484. The van der Waals surface area contributed by atoms with E-state index in [-0.39, 0.29) is 12.4 Å². The molecule has 2 saturated carbocycles. The summed E-state index contributed by atoms with van der Waals surface area (Å²) in [5.74, 6) is 0.427. The molecule has 1 amide bonds. The molecule has 2 aliphatic carbocycles. The van der Waals surface area contributed by atoms with Gasteiger partial charge in [-0.25, -0.2) is 14.6 Å². The number of nitrogens with two attached hydrogens (primary N) is 1. The zero-order valence-corrected chi connectivity index (χ0v) is 28.1. The van der Waals surface area contributed by atoms with Gasteiger partial charge in [0.05, 0.1) is 25.3 Å². The predicted molar refractivity (Wildman–Crippen MR) is 174 cm³/mol. The van der Waals surface area contributed by atoms with E-state index in [1.165, 1.54) is 51.8 Å². The molecule has 3 aromatic rings. The van der Waals surface area contributed by atoms with Crippen molar-refractivity contribution in [3.8, 4) is 11.4 Å². The highest BCUT2D eigenvalue weighted by Crippen LogP contribution is 2.42. The van der Waals surface area contributed by atoms with Crippen molar-refractivity contribution in [2.45, 2.75) is 70.6 Å². The Morgan fingerprint density at radius 3 is 1.67 bits per heavy atom. The maximum absolute atomic E-state index is 11.9. The molecule has 0 atom stereocenters. The van der Waals surface area contributed by atoms with Crippen molar-refractivity contribution in [1.29, 1.82) is 0 Å². The third-order valence-electron chi connectivity index (χ3n) is 8.45. The van der Waals surface area contributed by atoms with Crippen molar-refractivity contribution < 1.29 is 33.3 Å². The Labute approximate surface area is 270 Å². The van der Waals surface area contributed by atoms with E-state index in [9.17, 15) is 14.4 Å². The molecule has 3 N–H and O–H groups in total. The maximum atomic E-state index is 11.9. The molecular formula is C34H47N5O7. The van der Waals surface area contributed by atoms with Crippen molar-refractivity contribution >= 4 is 17.8 Å². The van der Waals surface area contributed by atoms with Gasteiger partial charge in [-0.2, -0.15) is 5.10 Å². The summed E-state index contributed by atoms with van der Waals surface area (Å²) in [5, 5.41) is 6.79. The number of nitrogens with zero attached hydrogens (tertiary/aromatic N) is 3. The van der Waals surface area contributed by atoms with Crippen molar-refractivity contribution in [2.75, 3.05) is 42.5 Å². The summed E-state index contributed by atoms with van der Waals surface area (Å²) < 4.78 is 19.3. The van der Waals surface area contributed by atoms with Crippen LogP contribution in [0, 0.1) is 13.8 Å². The summed E-state index contributed by atoms with van der Waals surface area (Å²) in [6.45, 7) is 3.79. The second-order valence-electron chi connectivity index (χ2n) is 11.7. The van der Waals surface area contributed by atoms with Gasteiger partial charge in [-0.15, -0.1) is 0 Å². The molecule has 12 heteroatoms. The largest absolute Gasteiger partial charge is 0.465 e. The second kappa shape index (κ2) is 17.0. The second-order valence-corrected chi connectivity index (χ2v) is 11.7. The highest BCUT2D eigenvalue weighted by Gasteiger charge is 2.27. The molecule has 0 aliphatic heterocycles. The van der Waals surface area contributed by atoms with Crippen LogP contribution in [-0.2, 0) is 18.9 Å². The number of aryl methyl sites for hydroxylation is 2. The molecule has 1 aromatic heterocycles. The monoisotopic (exact) mass is 637 g/mol. The number of carbonyl (C=O) groups is 3.